The Labute approximate surface area is 111 Å². The van der Waals surface area contributed by atoms with Gasteiger partial charge in [-0.25, -0.2) is 0 Å². The number of nitrogens with zero attached hydrogens (tertiary/aromatic N) is 1. The summed E-state index contributed by atoms with van der Waals surface area (Å²) in [7, 11) is 1.74. The van der Waals surface area contributed by atoms with E-state index in [4.69, 9.17) is 27.9 Å². The molecule has 0 spiro atoms. The van der Waals surface area contributed by atoms with Crippen LogP contribution in [0.4, 0.5) is 0 Å². The van der Waals surface area contributed by atoms with Gasteiger partial charge in [-0.05, 0) is 24.3 Å². The van der Waals surface area contributed by atoms with Crippen LogP contribution in [0.3, 0.4) is 0 Å². The van der Waals surface area contributed by atoms with Crippen molar-refractivity contribution >= 4 is 29.1 Å². The standard InChI is InChI=1S/C12H15Cl2NO2/c1-15(12(16)6-7-13)8-9-17-11-4-2-10(14)3-5-11/h2-5H,6-9H2,1H3. The maximum atomic E-state index is 11.4. The third-order valence-corrected chi connectivity index (χ3v) is 2.68. The summed E-state index contributed by atoms with van der Waals surface area (Å²) in [6.45, 7) is 0.991. The number of alkyl halides is 1. The van der Waals surface area contributed by atoms with E-state index in [2.05, 4.69) is 0 Å². The number of ether oxygens (including phenoxy) is 1. The number of likely N-dealkylation sites (N-methyl/N-ethyl adjacent to an activating group) is 1. The first-order chi connectivity index (χ1) is 8.13. The van der Waals surface area contributed by atoms with Crippen molar-refractivity contribution in [1.82, 2.24) is 4.90 Å². The van der Waals surface area contributed by atoms with Crippen LogP contribution in [0.5, 0.6) is 5.75 Å². The van der Waals surface area contributed by atoms with Gasteiger partial charge < -0.3 is 9.64 Å². The smallest absolute Gasteiger partial charge is 0.223 e. The fourth-order valence-corrected chi connectivity index (χ4v) is 1.52. The van der Waals surface area contributed by atoms with Gasteiger partial charge in [0.15, 0.2) is 0 Å². The largest absolute Gasteiger partial charge is 0.492 e. The fraction of sp³-hybridized carbons (Fsp3) is 0.417. The minimum absolute atomic E-state index is 0.0275. The predicted octanol–water partition coefficient (Wildman–Crippen LogP) is 2.81. The van der Waals surface area contributed by atoms with Crippen molar-refractivity contribution < 1.29 is 9.53 Å². The topological polar surface area (TPSA) is 29.5 Å². The van der Waals surface area contributed by atoms with Gasteiger partial charge in [0.05, 0.1) is 6.54 Å². The zero-order valence-corrected chi connectivity index (χ0v) is 11.2. The predicted molar refractivity (Wildman–Crippen MR) is 69.9 cm³/mol. The molecule has 94 valence electrons. The summed E-state index contributed by atoms with van der Waals surface area (Å²) in [5.74, 6) is 1.12. The van der Waals surface area contributed by atoms with E-state index in [0.717, 1.165) is 5.75 Å². The number of hydrogen-bond donors (Lipinski definition) is 0. The molecular weight excluding hydrogens is 261 g/mol. The number of carbonyl (C=O) groups excluding carboxylic acids is 1. The van der Waals surface area contributed by atoms with Crippen LogP contribution in [0.2, 0.25) is 5.02 Å². The number of halogens is 2. The van der Waals surface area contributed by atoms with Crippen molar-refractivity contribution in [3.8, 4) is 5.75 Å². The molecule has 1 aromatic carbocycles. The van der Waals surface area contributed by atoms with Crippen molar-refractivity contribution in [1.29, 1.82) is 0 Å². The third-order valence-electron chi connectivity index (χ3n) is 2.24. The molecule has 0 saturated carbocycles. The van der Waals surface area contributed by atoms with Crippen LogP contribution >= 0.6 is 23.2 Å². The highest BCUT2D eigenvalue weighted by atomic mass is 35.5. The highest BCUT2D eigenvalue weighted by Gasteiger charge is 2.07. The fourth-order valence-electron chi connectivity index (χ4n) is 1.23. The lowest BCUT2D eigenvalue weighted by Crippen LogP contribution is -2.30. The molecule has 17 heavy (non-hydrogen) atoms. The summed E-state index contributed by atoms with van der Waals surface area (Å²) >= 11 is 11.2. The van der Waals surface area contributed by atoms with Gasteiger partial charge in [0.1, 0.15) is 12.4 Å². The Morgan fingerprint density at radius 1 is 1.35 bits per heavy atom. The van der Waals surface area contributed by atoms with E-state index < -0.39 is 0 Å². The summed E-state index contributed by atoms with van der Waals surface area (Å²) < 4.78 is 5.47. The first-order valence-electron chi connectivity index (χ1n) is 5.32. The number of hydrogen-bond acceptors (Lipinski definition) is 2. The molecule has 3 nitrogen and oxygen atoms in total. The molecule has 0 aliphatic carbocycles. The van der Waals surface area contributed by atoms with Crippen LogP contribution < -0.4 is 4.74 Å². The first-order valence-corrected chi connectivity index (χ1v) is 6.23. The SMILES string of the molecule is CN(CCOc1ccc(Cl)cc1)C(=O)CCCl. The molecule has 0 aromatic heterocycles. The zero-order valence-electron chi connectivity index (χ0n) is 9.66. The summed E-state index contributed by atoms with van der Waals surface area (Å²) in [6.07, 6.45) is 0.360. The molecule has 0 atom stereocenters. The maximum Gasteiger partial charge on any atom is 0.223 e. The van der Waals surface area contributed by atoms with Crippen molar-refractivity contribution in [3.05, 3.63) is 29.3 Å². The third kappa shape index (κ3) is 5.29. The minimum Gasteiger partial charge on any atom is -0.492 e. The molecule has 0 saturated heterocycles. The first kappa shape index (κ1) is 14.1. The average molecular weight is 276 g/mol. The molecule has 1 rings (SSSR count). The summed E-state index contributed by atoms with van der Waals surface area (Å²) in [5.41, 5.74) is 0. The molecule has 0 aliphatic heterocycles. The highest BCUT2D eigenvalue weighted by Crippen LogP contribution is 2.15. The van der Waals surface area contributed by atoms with Crippen LogP contribution in [-0.2, 0) is 4.79 Å². The molecule has 5 heteroatoms. The zero-order chi connectivity index (χ0) is 12.7. The van der Waals surface area contributed by atoms with Crippen molar-refractivity contribution in [3.63, 3.8) is 0 Å². The van der Waals surface area contributed by atoms with E-state index >= 15 is 0 Å². The Hall–Kier alpha value is -0.930. The lowest BCUT2D eigenvalue weighted by molar-refractivity contribution is -0.129. The van der Waals surface area contributed by atoms with Crippen molar-refractivity contribution in [2.75, 3.05) is 26.1 Å². The molecule has 0 aliphatic rings. The Kier molecular flexibility index (Phi) is 6.16. The Morgan fingerprint density at radius 2 is 2.00 bits per heavy atom. The molecule has 0 fully saturated rings. The molecule has 0 N–H and O–H groups in total. The van der Waals surface area contributed by atoms with Crippen LogP contribution in [0.15, 0.2) is 24.3 Å². The maximum absolute atomic E-state index is 11.4. The second-order valence-electron chi connectivity index (χ2n) is 3.56. The number of carbonyl (C=O) groups is 1. The number of benzene rings is 1. The van der Waals surface area contributed by atoms with Crippen LogP contribution in [0.1, 0.15) is 6.42 Å². The number of rotatable bonds is 6. The van der Waals surface area contributed by atoms with Crippen molar-refractivity contribution in [2.45, 2.75) is 6.42 Å². The van der Waals surface area contributed by atoms with Crippen LogP contribution in [-0.4, -0.2) is 36.9 Å². The Morgan fingerprint density at radius 3 is 2.59 bits per heavy atom. The van der Waals surface area contributed by atoms with Crippen LogP contribution in [0, 0.1) is 0 Å². The van der Waals surface area contributed by atoms with Gasteiger partial charge in [-0.3, -0.25) is 4.79 Å². The minimum atomic E-state index is 0.0275. The van der Waals surface area contributed by atoms with E-state index in [0.29, 0.717) is 30.5 Å². The van der Waals surface area contributed by atoms with Crippen molar-refractivity contribution in [2.24, 2.45) is 0 Å². The quantitative estimate of drug-likeness (QED) is 0.748. The van der Waals surface area contributed by atoms with E-state index in [9.17, 15) is 4.79 Å². The van der Waals surface area contributed by atoms with E-state index in [-0.39, 0.29) is 5.91 Å². The van der Waals surface area contributed by atoms with Gasteiger partial charge >= 0.3 is 0 Å². The molecule has 0 bridgehead atoms. The molecule has 1 aromatic rings. The second-order valence-corrected chi connectivity index (χ2v) is 4.37. The van der Waals surface area contributed by atoms with Crippen LogP contribution in [0.25, 0.3) is 0 Å². The summed E-state index contributed by atoms with van der Waals surface area (Å²) in [6, 6.07) is 7.12. The van der Waals surface area contributed by atoms with E-state index in [1.807, 2.05) is 0 Å². The van der Waals surface area contributed by atoms with E-state index in [1.54, 1.807) is 36.2 Å². The summed E-state index contributed by atoms with van der Waals surface area (Å²) in [5, 5.41) is 0.673. The Balaban J connectivity index is 2.27. The van der Waals surface area contributed by atoms with Gasteiger partial charge in [-0.2, -0.15) is 0 Å². The molecule has 0 heterocycles. The summed E-state index contributed by atoms with van der Waals surface area (Å²) in [4.78, 5) is 13.0. The van der Waals surface area contributed by atoms with Gasteiger partial charge in [0.25, 0.3) is 0 Å². The monoisotopic (exact) mass is 275 g/mol. The van der Waals surface area contributed by atoms with Gasteiger partial charge in [-0.15, -0.1) is 11.6 Å². The highest BCUT2D eigenvalue weighted by molar-refractivity contribution is 6.30. The second kappa shape index (κ2) is 7.41. The molecule has 0 radical (unpaired) electrons. The molecule has 0 unspecified atom stereocenters. The van der Waals surface area contributed by atoms with Gasteiger partial charge in [-0.1, -0.05) is 11.6 Å². The normalized spacial score (nSPS) is 10.1. The average Bonchev–Trinajstić information content (AvgIpc) is 2.32. The lowest BCUT2D eigenvalue weighted by atomic mass is 10.3. The molecule has 1 amide bonds. The van der Waals surface area contributed by atoms with Gasteiger partial charge in [0, 0.05) is 24.4 Å². The molecular formula is C12H15Cl2NO2. The van der Waals surface area contributed by atoms with E-state index in [1.165, 1.54) is 0 Å². The Bertz CT molecular complexity index is 354. The lowest BCUT2D eigenvalue weighted by Gasteiger charge is -2.16. The number of amides is 1. The van der Waals surface area contributed by atoms with Gasteiger partial charge in [0.2, 0.25) is 5.91 Å².